The van der Waals surface area contributed by atoms with Crippen LogP contribution in [0.5, 0.6) is 0 Å². The molecule has 0 aliphatic carbocycles. The Morgan fingerprint density at radius 3 is 2.93 bits per heavy atom. The number of aromatic nitrogens is 2. The van der Waals surface area contributed by atoms with E-state index >= 15 is 0 Å². The molecule has 3 heterocycles. The number of rotatable bonds is 8. The number of amidine groups is 1. The van der Waals surface area contributed by atoms with Crippen LogP contribution in [-0.4, -0.2) is 63.8 Å². The van der Waals surface area contributed by atoms with Crippen molar-refractivity contribution in [3.63, 3.8) is 0 Å². The van der Waals surface area contributed by atoms with E-state index in [0.29, 0.717) is 6.42 Å². The smallest absolute Gasteiger partial charge is 0.243 e. The normalized spacial score (nSPS) is 20.4. The first-order valence-corrected chi connectivity index (χ1v) is 9.17. The molecule has 2 aliphatic heterocycles. The Balaban J connectivity index is 1.63. The number of nitrogens with one attached hydrogen (secondary N) is 1. The molecule has 1 aromatic heterocycles. The van der Waals surface area contributed by atoms with E-state index in [9.17, 15) is 4.79 Å². The third-order valence-electron chi connectivity index (χ3n) is 4.74. The largest absolute Gasteiger partial charge is 0.368 e. The summed E-state index contributed by atoms with van der Waals surface area (Å²) in [5.74, 6) is 1.35. The lowest BCUT2D eigenvalue weighted by atomic mass is 10.1. The highest BCUT2D eigenvalue weighted by molar-refractivity contribution is 6.06. The topological polar surface area (TPSA) is 106 Å². The minimum absolute atomic E-state index is 0.0604. The van der Waals surface area contributed by atoms with Gasteiger partial charge in [0, 0.05) is 32.4 Å². The van der Waals surface area contributed by atoms with Crippen LogP contribution in [0.25, 0.3) is 0 Å². The average Bonchev–Trinajstić information content (AvgIpc) is 3.09. The Hall–Kier alpha value is -2.81. The van der Waals surface area contributed by atoms with Gasteiger partial charge in [0.15, 0.2) is 5.82 Å². The molecule has 2 atom stereocenters. The average molecular weight is 371 g/mol. The lowest BCUT2D eigenvalue weighted by Gasteiger charge is -2.34. The number of nitrogens with zero attached hydrogens (tertiary/aromatic N) is 6. The highest BCUT2D eigenvalue weighted by atomic mass is 16.5. The molecule has 0 bridgehead atoms. The fourth-order valence-electron chi connectivity index (χ4n) is 3.35. The molecule has 9 nitrogen and oxygen atoms in total. The van der Waals surface area contributed by atoms with Crippen LogP contribution in [0.15, 0.2) is 40.9 Å². The number of anilines is 1. The predicted molar refractivity (Wildman–Crippen MR) is 103 cm³/mol. The van der Waals surface area contributed by atoms with Gasteiger partial charge in [0.25, 0.3) is 0 Å². The number of carbonyl (C=O) groups is 1. The summed E-state index contributed by atoms with van der Waals surface area (Å²) in [4.78, 5) is 33.0. The maximum atomic E-state index is 11.1. The van der Waals surface area contributed by atoms with Crippen LogP contribution in [0, 0.1) is 0 Å². The zero-order valence-corrected chi connectivity index (χ0v) is 15.4. The van der Waals surface area contributed by atoms with Crippen molar-refractivity contribution in [3.05, 3.63) is 30.9 Å². The van der Waals surface area contributed by atoms with Gasteiger partial charge in [0.1, 0.15) is 18.2 Å². The van der Waals surface area contributed by atoms with Crippen molar-refractivity contribution in [2.45, 2.75) is 44.2 Å². The number of hydrogen-bond acceptors (Lipinski definition) is 8. The molecular formula is C18H25N7O2. The molecule has 0 fully saturated rings. The fraction of sp³-hybridized carbons (Fsp3) is 0.500. The molecule has 27 heavy (non-hydrogen) atoms. The molecular weight excluding hydrogens is 346 g/mol. The first kappa shape index (κ1) is 19.0. The van der Waals surface area contributed by atoms with E-state index in [2.05, 4.69) is 35.8 Å². The van der Waals surface area contributed by atoms with Crippen LogP contribution < -0.4 is 10.4 Å². The third-order valence-corrected chi connectivity index (χ3v) is 4.74. The van der Waals surface area contributed by atoms with Crippen LogP contribution in [0.3, 0.4) is 0 Å². The first-order valence-electron chi connectivity index (χ1n) is 9.17. The van der Waals surface area contributed by atoms with Crippen LogP contribution in [-0.2, 0) is 4.79 Å². The second kappa shape index (κ2) is 9.22. The molecule has 9 heteroatoms. The number of fused-ring (bicyclic) bond motifs is 1. The molecule has 144 valence electrons. The standard InChI is InChI=1S/C18H25N7O2/c1-24-11-7-14-17(24)18(22-13-21-14)25(15-12-19-8-9-20-15)10-5-3-2-4-6-16(26)23-27/h7-9,11-14,17,27H,2-6,10H2,1H3,(H,23,26). The van der Waals surface area contributed by atoms with E-state index in [-0.39, 0.29) is 18.0 Å². The summed E-state index contributed by atoms with van der Waals surface area (Å²) in [6.45, 7) is 0.759. The monoisotopic (exact) mass is 371 g/mol. The lowest BCUT2D eigenvalue weighted by molar-refractivity contribution is -0.129. The van der Waals surface area contributed by atoms with Gasteiger partial charge in [0.2, 0.25) is 5.91 Å². The third kappa shape index (κ3) is 4.68. The van der Waals surface area contributed by atoms with Gasteiger partial charge in [-0.1, -0.05) is 12.8 Å². The molecule has 0 saturated carbocycles. The minimum Gasteiger partial charge on any atom is -0.368 e. The fourth-order valence-corrected chi connectivity index (χ4v) is 3.35. The summed E-state index contributed by atoms with van der Waals surface area (Å²) >= 11 is 0. The molecule has 0 radical (unpaired) electrons. The Bertz CT molecular complexity index is 720. The van der Waals surface area contributed by atoms with Gasteiger partial charge >= 0.3 is 0 Å². The summed E-state index contributed by atoms with van der Waals surface area (Å²) in [7, 11) is 2.03. The summed E-state index contributed by atoms with van der Waals surface area (Å²) in [6, 6.07) is 0.129. The van der Waals surface area contributed by atoms with Crippen molar-refractivity contribution < 1.29 is 10.0 Å². The number of amides is 1. The van der Waals surface area contributed by atoms with Gasteiger partial charge in [-0.25, -0.2) is 15.5 Å². The zero-order chi connectivity index (χ0) is 19.1. The first-order chi connectivity index (χ1) is 13.2. The Kier molecular flexibility index (Phi) is 6.48. The second-order valence-corrected chi connectivity index (χ2v) is 6.61. The summed E-state index contributed by atoms with van der Waals surface area (Å²) in [6.07, 6.45) is 14.7. The summed E-state index contributed by atoms with van der Waals surface area (Å²) in [5, 5.41) is 8.52. The number of hydroxylamine groups is 1. The van der Waals surface area contributed by atoms with E-state index in [1.54, 1.807) is 30.4 Å². The summed E-state index contributed by atoms with van der Waals surface area (Å²) in [5.41, 5.74) is 1.66. The van der Waals surface area contributed by atoms with Crippen LogP contribution >= 0.6 is 0 Å². The second-order valence-electron chi connectivity index (χ2n) is 6.61. The van der Waals surface area contributed by atoms with Crippen molar-refractivity contribution in [1.82, 2.24) is 20.3 Å². The molecule has 2 N–H and O–H groups in total. The SMILES string of the molecule is CN1C=CC2N=CN=C(N(CCCCCCC(=O)NO)c3cnccn3)C21. The van der Waals surface area contributed by atoms with Gasteiger partial charge < -0.3 is 9.80 Å². The minimum atomic E-state index is -0.338. The lowest BCUT2D eigenvalue weighted by Crippen LogP contribution is -2.50. The Labute approximate surface area is 158 Å². The van der Waals surface area contributed by atoms with Crippen LogP contribution in [0.4, 0.5) is 5.82 Å². The highest BCUT2D eigenvalue weighted by Crippen LogP contribution is 2.24. The molecule has 0 saturated heterocycles. The van der Waals surface area contributed by atoms with Gasteiger partial charge in [0.05, 0.1) is 12.2 Å². The van der Waals surface area contributed by atoms with E-state index in [1.165, 1.54) is 0 Å². The van der Waals surface area contributed by atoms with E-state index in [4.69, 9.17) is 5.21 Å². The number of hydrogen-bond donors (Lipinski definition) is 2. The molecule has 3 rings (SSSR count). The molecule has 1 amide bonds. The van der Waals surface area contributed by atoms with Crippen LogP contribution in [0.2, 0.25) is 0 Å². The van der Waals surface area contributed by atoms with Crippen molar-refractivity contribution >= 4 is 23.9 Å². The number of likely N-dealkylation sites (N-methyl/N-ethyl adjacent to an activating group) is 1. The van der Waals surface area contributed by atoms with Gasteiger partial charge in [-0.15, -0.1) is 0 Å². The molecule has 1 aromatic rings. The zero-order valence-electron chi connectivity index (χ0n) is 15.4. The number of carbonyl (C=O) groups excluding carboxylic acids is 1. The van der Waals surface area contributed by atoms with Gasteiger partial charge in [-0.3, -0.25) is 20.0 Å². The predicted octanol–water partition coefficient (Wildman–Crippen LogP) is 1.38. The van der Waals surface area contributed by atoms with Crippen molar-refractivity contribution in [2.24, 2.45) is 9.98 Å². The van der Waals surface area contributed by atoms with E-state index < -0.39 is 0 Å². The Morgan fingerprint density at radius 1 is 1.30 bits per heavy atom. The Morgan fingerprint density at radius 2 is 2.15 bits per heavy atom. The molecule has 2 aliphatic rings. The molecule has 0 aromatic carbocycles. The molecule has 0 spiro atoms. The number of aliphatic imine (C=N–C) groups is 2. The van der Waals surface area contributed by atoms with Crippen molar-refractivity contribution in [3.8, 4) is 0 Å². The maximum Gasteiger partial charge on any atom is 0.243 e. The van der Waals surface area contributed by atoms with Gasteiger partial charge in [-0.05, 0) is 25.1 Å². The van der Waals surface area contributed by atoms with Crippen LogP contribution in [0.1, 0.15) is 32.1 Å². The van der Waals surface area contributed by atoms with Crippen molar-refractivity contribution in [1.29, 1.82) is 0 Å². The van der Waals surface area contributed by atoms with Crippen molar-refractivity contribution in [2.75, 3.05) is 18.5 Å². The maximum absolute atomic E-state index is 11.1. The summed E-state index contributed by atoms with van der Waals surface area (Å²) < 4.78 is 0. The van der Waals surface area contributed by atoms with Gasteiger partial charge in [-0.2, -0.15) is 0 Å². The highest BCUT2D eigenvalue weighted by Gasteiger charge is 2.36. The molecule has 2 unspecified atom stereocenters. The number of unbranched alkanes of at least 4 members (excludes halogenated alkanes) is 3. The van der Waals surface area contributed by atoms with E-state index in [1.807, 2.05) is 13.2 Å². The quantitative estimate of drug-likeness (QED) is 0.406. The van der Waals surface area contributed by atoms with E-state index in [0.717, 1.165) is 43.9 Å².